The Kier molecular flexibility index (Phi) is 4.34. The van der Waals surface area contributed by atoms with Crippen molar-refractivity contribution in [2.45, 2.75) is 24.7 Å². The van der Waals surface area contributed by atoms with Crippen molar-refractivity contribution in [1.82, 2.24) is 24.3 Å². The van der Waals surface area contributed by atoms with Crippen LogP contribution in [0.3, 0.4) is 0 Å². The van der Waals surface area contributed by atoms with Gasteiger partial charge in [0.25, 0.3) is 5.91 Å². The van der Waals surface area contributed by atoms with Crippen molar-refractivity contribution >= 4 is 28.3 Å². The van der Waals surface area contributed by atoms with Gasteiger partial charge in [0.15, 0.2) is 0 Å². The lowest BCUT2D eigenvalue weighted by Crippen LogP contribution is -2.46. The van der Waals surface area contributed by atoms with E-state index in [-0.39, 0.29) is 42.2 Å². The van der Waals surface area contributed by atoms with Crippen LogP contribution in [0.5, 0.6) is 0 Å². The van der Waals surface area contributed by atoms with Gasteiger partial charge in [-0.3, -0.25) is 9.20 Å². The van der Waals surface area contributed by atoms with Crippen molar-refractivity contribution in [1.29, 1.82) is 0 Å². The van der Waals surface area contributed by atoms with Gasteiger partial charge >= 0.3 is 6.18 Å². The minimum absolute atomic E-state index is 0.132. The summed E-state index contributed by atoms with van der Waals surface area (Å²) in [5.41, 5.74) is 6.63. The Balaban J connectivity index is 1.43. The van der Waals surface area contributed by atoms with Gasteiger partial charge in [0.1, 0.15) is 22.8 Å². The zero-order chi connectivity index (χ0) is 23.8. The fourth-order valence-electron chi connectivity index (χ4n) is 4.81. The van der Waals surface area contributed by atoms with Gasteiger partial charge in [0, 0.05) is 24.7 Å². The molecule has 4 heterocycles. The number of halogens is 4. The molecular weight excluding hydrogens is 456 g/mol. The molecule has 2 N–H and O–H groups in total. The molecule has 1 fully saturated rings. The number of hydrogen-bond acceptors (Lipinski definition) is 6. The van der Waals surface area contributed by atoms with Gasteiger partial charge in [-0.15, -0.1) is 0 Å². The number of imidazole rings is 1. The van der Waals surface area contributed by atoms with E-state index in [0.29, 0.717) is 16.6 Å². The van der Waals surface area contributed by atoms with Crippen LogP contribution in [0.2, 0.25) is 0 Å². The molecule has 0 unspecified atom stereocenters. The van der Waals surface area contributed by atoms with Gasteiger partial charge in [-0.1, -0.05) is 6.07 Å². The topological polar surface area (TPSA) is 98.6 Å². The monoisotopic (exact) mass is 472 g/mol. The molecule has 174 valence electrons. The third-order valence-corrected chi connectivity index (χ3v) is 6.32. The number of rotatable bonds is 1. The smallest absolute Gasteiger partial charge is 0.382 e. The summed E-state index contributed by atoms with van der Waals surface area (Å²) in [4.78, 5) is 27.0. The van der Waals surface area contributed by atoms with Gasteiger partial charge in [-0.25, -0.2) is 19.3 Å². The molecule has 2 aliphatic rings. The molecule has 0 radical (unpaired) electrons. The summed E-state index contributed by atoms with van der Waals surface area (Å²) < 4.78 is 61.8. The number of nitrogen functional groups attached to an aromatic ring is 1. The normalized spacial score (nSPS) is 20.1. The van der Waals surface area contributed by atoms with Crippen LogP contribution in [0.1, 0.15) is 33.4 Å². The van der Waals surface area contributed by atoms with Crippen molar-refractivity contribution in [2.75, 3.05) is 18.9 Å². The summed E-state index contributed by atoms with van der Waals surface area (Å²) in [6, 6.07) is 4.07. The lowest BCUT2D eigenvalue weighted by atomic mass is 10.0. The fourth-order valence-corrected chi connectivity index (χ4v) is 4.81. The van der Waals surface area contributed by atoms with E-state index in [2.05, 4.69) is 15.0 Å². The van der Waals surface area contributed by atoms with Crippen LogP contribution >= 0.6 is 0 Å². The first-order valence-electron chi connectivity index (χ1n) is 10.4. The lowest BCUT2D eigenvalue weighted by Gasteiger charge is -2.38. The molecule has 1 amide bonds. The van der Waals surface area contributed by atoms with Crippen LogP contribution in [0.4, 0.5) is 23.4 Å². The average molecular weight is 472 g/mol. The number of nitrogens with two attached hydrogens (primary N) is 1. The maximum Gasteiger partial charge on any atom is 0.433 e. The van der Waals surface area contributed by atoms with Crippen molar-refractivity contribution < 1.29 is 27.1 Å². The number of carbonyl (C=O) groups excluding carboxylic acids is 1. The summed E-state index contributed by atoms with van der Waals surface area (Å²) >= 11 is 0. The van der Waals surface area contributed by atoms with Gasteiger partial charge in [-0.2, -0.15) is 13.2 Å². The second-order valence-corrected chi connectivity index (χ2v) is 8.25. The molecule has 34 heavy (non-hydrogen) atoms. The molecule has 0 saturated carbocycles. The Morgan fingerprint density at radius 2 is 2.00 bits per heavy atom. The summed E-state index contributed by atoms with van der Waals surface area (Å²) in [5.74, 6) is -1.21. The molecule has 8 nitrogen and oxygen atoms in total. The first-order chi connectivity index (χ1) is 16.2. The number of benzene rings is 1. The van der Waals surface area contributed by atoms with E-state index in [1.165, 1.54) is 29.6 Å². The van der Waals surface area contributed by atoms with Crippen LogP contribution in [0.15, 0.2) is 36.8 Å². The number of ether oxygens (including phenoxy) is 1. The first kappa shape index (κ1) is 20.8. The molecule has 1 aliphatic carbocycles. The van der Waals surface area contributed by atoms with Gasteiger partial charge in [0.2, 0.25) is 0 Å². The maximum atomic E-state index is 15.1. The Bertz CT molecular complexity index is 1480. The summed E-state index contributed by atoms with van der Waals surface area (Å²) in [6.45, 7) is 0.324. The van der Waals surface area contributed by atoms with Crippen molar-refractivity contribution in [3.05, 3.63) is 65.1 Å². The highest BCUT2D eigenvalue weighted by atomic mass is 19.4. The van der Waals surface area contributed by atoms with Crippen LogP contribution in [-0.4, -0.2) is 49.4 Å². The number of carbonyl (C=O) groups is 1. The standard InChI is InChI=1S/C22H16F4N6O2/c23-12-6-14-15(32-9-28-8-16(32)20(27)30-14)5-11(12)21(33)31-3-4-34-17-7-13-10(19(17)31)1-2-18(29-13)22(24,25)26/h1-2,5-6,8-9,17,19H,3-4,7H2,(H2,27,30)/t17-,19+/m1/s1. The molecule has 1 aliphatic heterocycles. The Hall–Kier alpha value is -3.80. The average Bonchev–Trinajstić information content (AvgIpc) is 3.42. The maximum absolute atomic E-state index is 15.1. The molecular formula is C22H16F4N6O2. The van der Waals surface area contributed by atoms with Gasteiger partial charge in [0.05, 0.1) is 47.9 Å². The molecule has 4 aromatic rings. The molecule has 6 rings (SSSR count). The fraction of sp³-hybridized carbons (Fsp3) is 0.273. The summed E-state index contributed by atoms with van der Waals surface area (Å²) in [7, 11) is 0. The molecule has 1 saturated heterocycles. The zero-order valence-corrected chi connectivity index (χ0v) is 17.4. The van der Waals surface area contributed by atoms with Crippen molar-refractivity contribution in [3.8, 4) is 0 Å². The number of fused-ring (bicyclic) bond motifs is 6. The molecule has 12 heteroatoms. The second kappa shape index (κ2) is 7.10. The largest absolute Gasteiger partial charge is 0.433 e. The van der Waals surface area contributed by atoms with Crippen LogP contribution < -0.4 is 5.73 Å². The second-order valence-electron chi connectivity index (χ2n) is 8.25. The van der Waals surface area contributed by atoms with Gasteiger partial charge in [-0.05, 0) is 17.7 Å². The molecule has 1 aromatic carbocycles. The van der Waals surface area contributed by atoms with Crippen molar-refractivity contribution in [3.63, 3.8) is 0 Å². The Morgan fingerprint density at radius 1 is 1.18 bits per heavy atom. The van der Waals surface area contributed by atoms with E-state index in [1.54, 1.807) is 4.40 Å². The third kappa shape index (κ3) is 3.01. The predicted molar refractivity (Wildman–Crippen MR) is 111 cm³/mol. The van der Waals surface area contributed by atoms with E-state index >= 15 is 4.39 Å². The summed E-state index contributed by atoms with van der Waals surface area (Å²) in [5, 5.41) is 0. The molecule has 3 aromatic heterocycles. The van der Waals surface area contributed by atoms with Crippen LogP contribution in [0.25, 0.3) is 16.6 Å². The van der Waals surface area contributed by atoms with Crippen molar-refractivity contribution in [2.24, 2.45) is 0 Å². The molecule has 0 spiro atoms. The number of hydrogen-bond donors (Lipinski definition) is 1. The lowest BCUT2D eigenvalue weighted by molar-refractivity contribution is -0.141. The van der Waals surface area contributed by atoms with E-state index in [4.69, 9.17) is 10.5 Å². The zero-order valence-electron chi connectivity index (χ0n) is 17.4. The number of anilines is 1. The van der Waals surface area contributed by atoms with E-state index in [0.717, 1.165) is 12.1 Å². The number of pyridine rings is 1. The third-order valence-electron chi connectivity index (χ3n) is 6.32. The number of nitrogens with zero attached hydrogens (tertiary/aromatic N) is 5. The molecule has 2 atom stereocenters. The Labute approximate surface area is 189 Å². The van der Waals surface area contributed by atoms with E-state index in [9.17, 15) is 18.0 Å². The SMILES string of the molecule is Nc1nc2cc(F)c(C(=O)N3CCO[C@@H]4Cc5nc(C(F)(F)F)ccc5[C@@H]43)cc2n2cncc12. The van der Waals surface area contributed by atoms with Gasteiger partial charge < -0.3 is 15.4 Å². The highest BCUT2D eigenvalue weighted by Gasteiger charge is 2.45. The van der Waals surface area contributed by atoms with Crippen LogP contribution in [0, 0.1) is 5.82 Å². The number of alkyl halides is 3. The highest BCUT2D eigenvalue weighted by Crippen LogP contribution is 2.41. The van der Waals surface area contributed by atoms with E-state index in [1.807, 2.05) is 0 Å². The minimum Gasteiger partial charge on any atom is -0.382 e. The summed E-state index contributed by atoms with van der Waals surface area (Å²) in [6.07, 6.45) is -2.01. The number of aromatic nitrogens is 4. The van der Waals surface area contributed by atoms with Crippen LogP contribution in [-0.2, 0) is 17.3 Å². The molecule has 0 bridgehead atoms. The highest BCUT2D eigenvalue weighted by molar-refractivity contribution is 5.99. The quantitative estimate of drug-likeness (QED) is 0.428. The number of morpholine rings is 1. The number of amides is 1. The minimum atomic E-state index is -4.58. The first-order valence-corrected chi connectivity index (χ1v) is 10.4. The predicted octanol–water partition coefficient (Wildman–Crippen LogP) is 3.16. The van der Waals surface area contributed by atoms with E-state index < -0.39 is 35.7 Å². The Morgan fingerprint density at radius 3 is 2.79 bits per heavy atom.